The van der Waals surface area contributed by atoms with E-state index < -0.39 is 0 Å². The van der Waals surface area contributed by atoms with Gasteiger partial charge in [0.15, 0.2) is 0 Å². The Kier molecular flexibility index (Phi) is 4.57. The van der Waals surface area contributed by atoms with Gasteiger partial charge in [0, 0.05) is 22.0 Å². The van der Waals surface area contributed by atoms with Gasteiger partial charge in [0.1, 0.15) is 6.04 Å². The van der Waals surface area contributed by atoms with Crippen molar-refractivity contribution in [3.63, 3.8) is 0 Å². The van der Waals surface area contributed by atoms with E-state index in [1.54, 1.807) is 0 Å². The molecule has 17 heavy (non-hydrogen) atoms. The molecule has 1 unspecified atom stereocenters. The molecule has 1 aromatic carbocycles. The Morgan fingerprint density at radius 1 is 1.24 bits per heavy atom. The van der Waals surface area contributed by atoms with Crippen LogP contribution in [-0.2, 0) is 4.74 Å². The molecule has 0 saturated carbocycles. The summed E-state index contributed by atoms with van der Waals surface area (Å²) >= 11 is 6.90. The van der Waals surface area contributed by atoms with Crippen LogP contribution >= 0.6 is 31.9 Å². The number of halogens is 2. The monoisotopic (exact) mass is 358 g/mol. The van der Waals surface area contributed by atoms with Crippen LogP contribution in [0.15, 0.2) is 27.1 Å². The van der Waals surface area contributed by atoms with E-state index in [-0.39, 0.29) is 6.04 Å². The molecule has 0 radical (unpaired) electrons. The zero-order valence-electron chi connectivity index (χ0n) is 9.20. The molecule has 0 bridgehead atoms. The first-order valence-electron chi connectivity index (χ1n) is 5.38. The molecule has 0 amide bonds. The maximum atomic E-state index is 9.33. The Hall–Kier alpha value is -0.410. The SMILES string of the molecule is N#CC(c1ccc(Br)c(Br)c1)N1CCOCC1. The van der Waals surface area contributed by atoms with Crippen LogP contribution < -0.4 is 0 Å². The highest BCUT2D eigenvalue weighted by molar-refractivity contribution is 9.13. The third-order valence-electron chi connectivity index (χ3n) is 2.79. The number of rotatable bonds is 2. The van der Waals surface area contributed by atoms with Crippen molar-refractivity contribution >= 4 is 31.9 Å². The van der Waals surface area contributed by atoms with Gasteiger partial charge in [0.25, 0.3) is 0 Å². The van der Waals surface area contributed by atoms with Gasteiger partial charge < -0.3 is 4.74 Å². The first-order chi connectivity index (χ1) is 8.22. The maximum Gasteiger partial charge on any atom is 0.124 e. The highest BCUT2D eigenvalue weighted by Crippen LogP contribution is 2.29. The quantitative estimate of drug-likeness (QED) is 0.814. The van der Waals surface area contributed by atoms with E-state index in [1.807, 2.05) is 18.2 Å². The fraction of sp³-hybridized carbons (Fsp3) is 0.417. The van der Waals surface area contributed by atoms with Crippen molar-refractivity contribution in [3.8, 4) is 6.07 Å². The van der Waals surface area contributed by atoms with Crippen LogP contribution in [0.1, 0.15) is 11.6 Å². The molecule has 1 aromatic rings. The molecule has 1 atom stereocenters. The van der Waals surface area contributed by atoms with E-state index in [1.165, 1.54) is 0 Å². The number of morpholine rings is 1. The molecule has 0 aromatic heterocycles. The molecule has 1 aliphatic heterocycles. The molecule has 3 nitrogen and oxygen atoms in total. The molecule has 1 fully saturated rings. The number of hydrogen-bond acceptors (Lipinski definition) is 3. The lowest BCUT2D eigenvalue weighted by atomic mass is 10.1. The van der Waals surface area contributed by atoms with Crippen LogP contribution in [0.3, 0.4) is 0 Å². The van der Waals surface area contributed by atoms with Crippen molar-refractivity contribution in [1.29, 1.82) is 5.26 Å². The van der Waals surface area contributed by atoms with Gasteiger partial charge in [-0.1, -0.05) is 6.07 Å². The van der Waals surface area contributed by atoms with E-state index in [2.05, 4.69) is 42.8 Å². The zero-order chi connectivity index (χ0) is 12.3. The zero-order valence-corrected chi connectivity index (χ0v) is 12.4. The third-order valence-corrected chi connectivity index (χ3v) is 4.67. The van der Waals surface area contributed by atoms with Crippen molar-refractivity contribution in [2.24, 2.45) is 0 Å². The van der Waals surface area contributed by atoms with Crippen LogP contribution in [0.2, 0.25) is 0 Å². The van der Waals surface area contributed by atoms with Crippen molar-refractivity contribution < 1.29 is 4.74 Å². The molecule has 5 heteroatoms. The van der Waals surface area contributed by atoms with Gasteiger partial charge in [-0.05, 0) is 49.6 Å². The smallest absolute Gasteiger partial charge is 0.124 e. The number of benzene rings is 1. The fourth-order valence-corrected chi connectivity index (χ4v) is 2.53. The molecule has 1 heterocycles. The summed E-state index contributed by atoms with van der Waals surface area (Å²) in [4.78, 5) is 2.15. The Balaban J connectivity index is 2.22. The van der Waals surface area contributed by atoms with Crippen LogP contribution in [0, 0.1) is 11.3 Å². The van der Waals surface area contributed by atoms with Crippen molar-refractivity contribution in [2.75, 3.05) is 26.3 Å². The second kappa shape index (κ2) is 5.96. The van der Waals surface area contributed by atoms with Crippen LogP contribution in [0.25, 0.3) is 0 Å². The molecular weight excluding hydrogens is 348 g/mol. The first-order valence-corrected chi connectivity index (χ1v) is 6.97. The molecular formula is C12H12Br2N2O. The van der Waals surface area contributed by atoms with E-state index in [4.69, 9.17) is 4.74 Å². The van der Waals surface area contributed by atoms with Gasteiger partial charge in [0.2, 0.25) is 0 Å². The second-order valence-corrected chi connectivity index (χ2v) is 5.56. The average Bonchev–Trinajstić information content (AvgIpc) is 2.36. The largest absolute Gasteiger partial charge is 0.379 e. The number of nitrogens with zero attached hydrogens (tertiary/aromatic N) is 2. The summed E-state index contributed by atoms with van der Waals surface area (Å²) in [6.07, 6.45) is 0. The van der Waals surface area contributed by atoms with Gasteiger partial charge in [-0.25, -0.2) is 0 Å². The Morgan fingerprint density at radius 3 is 2.53 bits per heavy atom. The minimum absolute atomic E-state index is 0.191. The molecule has 0 spiro atoms. The van der Waals surface area contributed by atoms with Gasteiger partial charge in [-0.3, -0.25) is 4.90 Å². The number of nitriles is 1. The summed E-state index contributed by atoms with van der Waals surface area (Å²) in [6.45, 7) is 3.03. The normalized spacial score (nSPS) is 18.6. The lowest BCUT2D eigenvalue weighted by Crippen LogP contribution is -2.38. The van der Waals surface area contributed by atoms with Crippen LogP contribution in [0.5, 0.6) is 0 Å². The predicted octanol–water partition coefficient (Wildman–Crippen LogP) is 3.11. The molecule has 90 valence electrons. The second-order valence-electron chi connectivity index (χ2n) is 3.85. The standard InChI is InChI=1S/C12H12Br2N2O/c13-10-2-1-9(7-11(10)14)12(8-15)16-3-5-17-6-4-16/h1-2,7,12H,3-6H2. The molecule has 0 N–H and O–H groups in total. The summed E-state index contributed by atoms with van der Waals surface area (Å²) in [6, 6.07) is 8.12. The summed E-state index contributed by atoms with van der Waals surface area (Å²) < 4.78 is 7.28. The molecule has 1 saturated heterocycles. The number of ether oxygens (including phenoxy) is 1. The van der Waals surface area contributed by atoms with Gasteiger partial charge in [-0.15, -0.1) is 0 Å². The van der Waals surface area contributed by atoms with Crippen LogP contribution in [-0.4, -0.2) is 31.2 Å². The van der Waals surface area contributed by atoms with Gasteiger partial charge in [0.05, 0.1) is 19.3 Å². The van der Waals surface area contributed by atoms with Crippen LogP contribution in [0.4, 0.5) is 0 Å². The van der Waals surface area contributed by atoms with Crippen molar-refractivity contribution in [3.05, 3.63) is 32.7 Å². The third kappa shape index (κ3) is 3.08. The first kappa shape index (κ1) is 13.0. The topological polar surface area (TPSA) is 36.3 Å². The summed E-state index contributed by atoms with van der Waals surface area (Å²) in [7, 11) is 0. The molecule has 1 aliphatic rings. The Morgan fingerprint density at radius 2 is 1.94 bits per heavy atom. The van der Waals surface area contributed by atoms with Gasteiger partial charge in [-0.2, -0.15) is 5.26 Å². The molecule has 0 aliphatic carbocycles. The van der Waals surface area contributed by atoms with Crippen molar-refractivity contribution in [2.45, 2.75) is 6.04 Å². The van der Waals surface area contributed by atoms with E-state index in [0.29, 0.717) is 13.2 Å². The van der Waals surface area contributed by atoms with E-state index in [9.17, 15) is 5.26 Å². The van der Waals surface area contributed by atoms with E-state index in [0.717, 1.165) is 27.6 Å². The Bertz CT molecular complexity index is 439. The summed E-state index contributed by atoms with van der Waals surface area (Å²) in [5.74, 6) is 0. The minimum Gasteiger partial charge on any atom is -0.379 e. The Labute approximate surface area is 118 Å². The predicted molar refractivity (Wildman–Crippen MR) is 72.6 cm³/mol. The highest BCUT2D eigenvalue weighted by atomic mass is 79.9. The summed E-state index contributed by atoms with van der Waals surface area (Å²) in [5.41, 5.74) is 1.02. The average molecular weight is 360 g/mol. The lowest BCUT2D eigenvalue weighted by molar-refractivity contribution is 0.0266. The number of hydrogen-bond donors (Lipinski definition) is 0. The van der Waals surface area contributed by atoms with Crippen molar-refractivity contribution in [1.82, 2.24) is 4.90 Å². The minimum atomic E-state index is -0.191. The maximum absolute atomic E-state index is 9.33. The highest BCUT2D eigenvalue weighted by Gasteiger charge is 2.22. The van der Waals surface area contributed by atoms with Gasteiger partial charge >= 0.3 is 0 Å². The lowest BCUT2D eigenvalue weighted by Gasteiger charge is -2.30. The van der Waals surface area contributed by atoms with E-state index >= 15 is 0 Å². The summed E-state index contributed by atoms with van der Waals surface area (Å²) in [5, 5.41) is 9.33. The molecule has 2 rings (SSSR count). The fourth-order valence-electron chi connectivity index (χ4n) is 1.89.